The zero-order chi connectivity index (χ0) is 12.7. The van der Waals surface area contributed by atoms with Crippen molar-refractivity contribution >= 4 is 11.0 Å². The van der Waals surface area contributed by atoms with Gasteiger partial charge in [0.05, 0.1) is 5.52 Å². The maximum Gasteiger partial charge on any atom is 0.151 e. The van der Waals surface area contributed by atoms with Crippen molar-refractivity contribution in [1.82, 2.24) is 9.97 Å². The molecule has 3 rings (SSSR count). The number of aryl methyl sites for hydroxylation is 1. The van der Waals surface area contributed by atoms with E-state index in [9.17, 15) is 8.78 Å². The summed E-state index contributed by atoms with van der Waals surface area (Å²) >= 11 is 0. The molecule has 1 N–H and O–H groups in total. The SMILES string of the molecule is Cc1ccc(F)cc1-c1nc2c(F)cccc2[nH]1. The molecule has 0 amide bonds. The minimum absolute atomic E-state index is 0.274. The van der Waals surface area contributed by atoms with E-state index in [2.05, 4.69) is 9.97 Å². The van der Waals surface area contributed by atoms with Crippen LogP contribution in [0, 0.1) is 18.6 Å². The first-order chi connectivity index (χ1) is 8.65. The molecule has 0 aliphatic heterocycles. The molecule has 0 bridgehead atoms. The lowest BCUT2D eigenvalue weighted by Crippen LogP contribution is -1.87. The van der Waals surface area contributed by atoms with Gasteiger partial charge < -0.3 is 4.98 Å². The highest BCUT2D eigenvalue weighted by molar-refractivity contribution is 5.80. The predicted molar refractivity (Wildman–Crippen MR) is 66.2 cm³/mol. The van der Waals surface area contributed by atoms with Crippen molar-refractivity contribution in [2.45, 2.75) is 6.92 Å². The van der Waals surface area contributed by atoms with Crippen LogP contribution in [0.3, 0.4) is 0 Å². The van der Waals surface area contributed by atoms with Crippen LogP contribution in [-0.4, -0.2) is 9.97 Å². The first kappa shape index (κ1) is 10.9. The average molecular weight is 244 g/mol. The Morgan fingerprint density at radius 3 is 2.72 bits per heavy atom. The zero-order valence-corrected chi connectivity index (χ0v) is 9.67. The first-order valence-electron chi connectivity index (χ1n) is 5.56. The van der Waals surface area contributed by atoms with Crippen LogP contribution in [0.15, 0.2) is 36.4 Å². The van der Waals surface area contributed by atoms with E-state index in [1.54, 1.807) is 18.2 Å². The smallest absolute Gasteiger partial charge is 0.151 e. The molecule has 2 aromatic carbocycles. The van der Waals surface area contributed by atoms with E-state index in [-0.39, 0.29) is 17.2 Å². The van der Waals surface area contributed by atoms with Crippen LogP contribution in [0.25, 0.3) is 22.4 Å². The maximum atomic E-state index is 13.5. The van der Waals surface area contributed by atoms with Gasteiger partial charge in [0.1, 0.15) is 17.2 Å². The van der Waals surface area contributed by atoms with Crippen LogP contribution in [0.2, 0.25) is 0 Å². The van der Waals surface area contributed by atoms with Gasteiger partial charge in [0.25, 0.3) is 0 Å². The maximum absolute atomic E-state index is 13.5. The van der Waals surface area contributed by atoms with E-state index in [1.165, 1.54) is 18.2 Å². The largest absolute Gasteiger partial charge is 0.338 e. The van der Waals surface area contributed by atoms with Crippen LogP contribution in [0.1, 0.15) is 5.56 Å². The van der Waals surface area contributed by atoms with E-state index in [0.717, 1.165) is 5.56 Å². The highest BCUT2D eigenvalue weighted by Crippen LogP contribution is 2.25. The Morgan fingerprint density at radius 1 is 1.11 bits per heavy atom. The van der Waals surface area contributed by atoms with Crippen molar-refractivity contribution in [3.05, 3.63) is 53.6 Å². The monoisotopic (exact) mass is 244 g/mol. The molecular weight excluding hydrogens is 234 g/mol. The van der Waals surface area contributed by atoms with Gasteiger partial charge >= 0.3 is 0 Å². The molecule has 0 aliphatic rings. The molecular formula is C14H10F2N2. The summed E-state index contributed by atoms with van der Waals surface area (Å²) in [5.41, 5.74) is 2.41. The summed E-state index contributed by atoms with van der Waals surface area (Å²) in [6, 6.07) is 9.16. The van der Waals surface area contributed by atoms with Crippen LogP contribution < -0.4 is 0 Å². The van der Waals surface area contributed by atoms with Crippen LogP contribution >= 0.6 is 0 Å². The number of para-hydroxylation sites is 1. The Hall–Kier alpha value is -2.23. The molecule has 90 valence electrons. The Labute approximate surface area is 102 Å². The summed E-state index contributed by atoms with van der Waals surface area (Å²) < 4.78 is 26.8. The van der Waals surface area contributed by atoms with Crippen molar-refractivity contribution < 1.29 is 8.78 Å². The van der Waals surface area contributed by atoms with Gasteiger partial charge in [-0.3, -0.25) is 0 Å². The number of hydrogen-bond acceptors (Lipinski definition) is 1. The molecule has 0 saturated heterocycles. The first-order valence-corrected chi connectivity index (χ1v) is 5.56. The molecule has 1 aromatic heterocycles. The lowest BCUT2D eigenvalue weighted by Gasteiger charge is -2.01. The Morgan fingerprint density at radius 2 is 1.94 bits per heavy atom. The zero-order valence-electron chi connectivity index (χ0n) is 9.67. The third-order valence-corrected chi connectivity index (χ3v) is 2.92. The molecule has 3 aromatic rings. The van der Waals surface area contributed by atoms with Gasteiger partial charge in [0.15, 0.2) is 5.82 Å². The summed E-state index contributed by atoms with van der Waals surface area (Å²) in [7, 11) is 0. The standard InChI is InChI=1S/C14H10F2N2/c1-8-5-6-9(15)7-10(8)14-17-12-4-2-3-11(16)13(12)18-14/h2-7H,1H3,(H,17,18). The highest BCUT2D eigenvalue weighted by atomic mass is 19.1. The number of halogens is 2. The van der Waals surface area contributed by atoms with E-state index < -0.39 is 0 Å². The Bertz CT molecular complexity index is 732. The van der Waals surface area contributed by atoms with Crippen molar-refractivity contribution in [3.8, 4) is 11.4 Å². The minimum Gasteiger partial charge on any atom is -0.338 e. The minimum atomic E-state index is -0.385. The van der Waals surface area contributed by atoms with Crippen LogP contribution in [0.4, 0.5) is 8.78 Å². The molecule has 0 spiro atoms. The summed E-state index contributed by atoms with van der Waals surface area (Å²) in [6.45, 7) is 1.86. The Kier molecular flexibility index (Phi) is 2.37. The van der Waals surface area contributed by atoms with Crippen molar-refractivity contribution in [2.24, 2.45) is 0 Å². The number of nitrogens with one attached hydrogen (secondary N) is 1. The van der Waals surface area contributed by atoms with E-state index in [1.807, 2.05) is 6.92 Å². The second kappa shape index (κ2) is 3.91. The second-order valence-corrected chi connectivity index (χ2v) is 4.18. The molecule has 18 heavy (non-hydrogen) atoms. The van der Waals surface area contributed by atoms with Gasteiger partial charge in [-0.2, -0.15) is 0 Å². The molecule has 0 saturated carbocycles. The van der Waals surface area contributed by atoms with Crippen LogP contribution in [0.5, 0.6) is 0 Å². The van der Waals surface area contributed by atoms with Gasteiger partial charge in [-0.25, -0.2) is 13.8 Å². The van der Waals surface area contributed by atoms with Crippen molar-refractivity contribution in [3.63, 3.8) is 0 Å². The molecule has 0 radical (unpaired) electrons. The number of H-pyrrole nitrogens is 1. The summed E-state index contributed by atoms with van der Waals surface area (Å²) in [4.78, 5) is 7.19. The third-order valence-electron chi connectivity index (χ3n) is 2.92. The topological polar surface area (TPSA) is 28.7 Å². The second-order valence-electron chi connectivity index (χ2n) is 4.18. The number of imidazole rings is 1. The molecule has 2 nitrogen and oxygen atoms in total. The number of hydrogen-bond donors (Lipinski definition) is 1. The van der Waals surface area contributed by atoms with Gasteiger partial charge in [0, 0.05) is 5.56 Å². The van der Waals surface area contributed by atoms with Gasteiger partial charge in [-0.1, -0.05) is 12.1 Å². The number of nitrogens with zero attached hydrogens (tertiary/aromatic N) is 1. The van der Waals surface area contributed by atoms with E-state index in [0.29, 0.717) is 16.9 Å². The average Bonchev–Trinajstić information content (AvgIpc) is 2.77. The van der Waals surface area contributed by atoms with E-state index in [4.69, 9.17) is 0 Å². The number of rotatable bonds is 1. The quantitative estimate of drug-likeness (QED) is 0.692. The fourth-order valence-corrected chi connectivity index (χ4v) is 1.97. The molecule has 0 atom stereocenters. The summed E-state index contributed by atoms with van der Waals surface area (Å²) in [5, 5.41) is 0. The molecule has 4 heteroatoms. The highest BCUT2D eigenvalue weighted by Gasteiger charge is 2.11. The predicted octanol–water partition coefficient (Wildman–Crippen LogP) is 3.82. The lowest BCUT2D eigenvalue weighted by atomic mass is 10.1. The lowest BCUT2D eigenvalue weighted by molar-refractivity contribution is 0.628. The van der Waals surface area contributed by atoms with Gasteiger partial charge in [-0.05, 0) is 36.8 Å². The molecule has 0 unspecified atom stereocenters. The Balaban J connectivity index is 2.26. The van der Waals surface area contributed by atoms with Gasteiger partial charge in [-0.15, -0.1) is 0 Å². The number of benzene rings is 2. The number of aromatic nitrogens is 2. The normalized spacial score (nSPS) is 11.1. The fourth-order valence-electron chi connectivity index (χ4n) is 1.97. The number of aromatic amines is 1. The van der Waals surface area contributed by atoms with Crippen molar-refractivity contribution in [2.75, 3.05) is 0 Å². The number of fused-ring (bicyclic) bond motifs is 1. The summed E-state index contributed by atoms with van der Waals surface area (Å²) in [6.07, 6.45) is 0. The molecule has 0 aliphatic carbocycles. The molecule has 1 heterocycles. The molecule has 0 fully saturated rings. The van der Waals surface area contributed by atoms with E-state index >= 15 is 0 Å². The van der Waals surface area contributed by atoms with Crippen LogP contribution in [-0.2, 0) is 0 Å². The fraction of sp³-hybridized carbons (Fsp3) is 0.0714. The van der Waals surface area contributed by atoms with Gasteiger partial charge in [0.2, 0.25) is 0 Å². The van der Waals surface area contributed by atoms with Crippen molar-refractivity contribution in [1.29, 1.82) is 0 Å². The summed E-state index contributed by atoms with van der Waals surface area (Å²) in [5.74, 6) is -0.243. The third kappa shape index (κ3) is 1.66.